The second-order valence-corrected chi connectivity index (χ2v) is 5.79. The van der Waals surface area contributed by atoms with E-state index < -0.39 is 36.3 Å². The van der Waals surface area contributed by atoms with Crippen molar-refractivity contribution < 1.29 is 20.1 Å². The number of nitrogens with two attached hydrogens (primary N) is 1. The van der Waals surface area contributed by atoms with E-state index in [9.17, 15) is 20.1 Å². The molecule has 0 amide bonds. The smallest absolute Gasteiger partial charge is 0.351 e. The zero-order valence-corrected chi connectivity index (χ0v) is 12.8. The summed E-state index contributed by atoms with van der Waals surface area (Å²) >= 11 is 0. The Hall–Kier alpha value is -2.26. The number of benzene rings is 1. The molecule has 8 nitrogen and oxygen atoms in total. The number of aromatic nitrogens is 2. The van der Waals surface area contributed by atoms with E-state index in [0.29, 0.717) is 0 Å². The summed E-state index contributed by atoms with van der Waals surface area (Å²) < 4.78 is 6.88. The van der Waals surface area contributed by atoms with Crippen molar-refractivity contribution in [3.05, 3.63) is 58.6 Å². The molecule has 5 N–H and O–H groups in total. The van der Waals surface area contributed by atoms with Crippen LogP contribution in [0.4, 0.5) is 5.82 Å². The van der Waals surface area contributed by atoms with Crippen LogP contribution in [0.15, 0.2) is 47.4 Å². The number of rotatable bonds is 4. The summed E-state index contributed by atoms with van der Waals surface area (Å²) in [5.74, 6) is 0.0397. The van der Waals surface area contributed by atoms with Gasteiger partial charge in [0.05, 0.1) is 6.61 Å². The van der Waals surface area contributed by atoms with Crippen LogP contribution in [-0.2, 0) is 16.9 Å². The summed E-state index contributed by atoms with van der Waals surface area (Å²) in [6, 6.07) is 10.5. The van der Waals surface area contributed by atoms with Crippen LogP contribution in [0.3, 0.4) is 0 Å². The van der Waals surface area contributed by atoms with Gasteiger partial charge in [0, 0.05) is 12.6 Å². The second kappa shape index (κ2) is 6.33. The highest BCUT2D eigenvalue weighted by Gasteiger charge is 2.55. The van der Waals surface area contributed by atoms with E-state index in [1.165, 1.54) is 12.3 Å². The lowest BCUT2D eigenvalue weighted by Crippen LogP contribution is -2.52. The van der Waals surface area contributed by atoms with E-state index in [1.54, 1.807) is 0 Å². The number of anilines is 1. The average Bonchev–Trinajstić information content (AvgIpc) is 2.81. The van der Waals surface area contributed by atoms with Crippen molar-refractivity contribution in [3.63, 3.8) is 0 Å². The molecular formula is C16H19N3O5. The number of ether oxygens (including phenoxy) is 1. The molecule has 0 aliphatic carbocycles. The molecule has 24 heavy (non-hydrogen) atoms. The number of hydrogen-bond donors (Lipinski definition) is 4. The van der Waals surface area contributed by atoms with Crippen LogP contribution < -0.4 is 11.4 Å². The molecule has 4 atom stereocenters. The fourth-order valence-corrected chi connectivity index (χ4v) is 3.04. The van der Waals surface area contributed by atoms with E-state index in [0.717, 1.165) is 10.1 Å². The molecule has 1 fully saturated rings. The van der Waals surface area contributed by atoms with Gasteiger partial charge in [0.25, 0.3) is 0 Å². The summed E-state index contributed by atoms with van der Waals surface area (Å²) in [5, 5.41) is 30.2. The standard InChI is InChI=1S/C16H19N3O5/c17-12-6-7-19(15(23)18-12)16(8-10-4-2-1-3-5-10)14(22)13(21)11(9-20)24-16/h1-7,11,13-14,20-22H,8-9H2,(H2,17,18,23)/t11-,13-,14-,16-/m1/s1. The Balaban J connectivity index is 2.12. The lowest BCUT2D eigenvalue weighted by Gasteiger charge is -2.34. The lowest BCUT2D eigenvalue weighted by molar-refractivity contribution is -0.149. The van der Waals surface area contributed by atoms with Crippen molar-refractivity contribution in [1.82, 2.24) is 9.55 Å². The summed E-state index contributed by atoms with van der Waals surface area (Å²) in [5.41, 5.74) is 4.00. The summed E-state index contributed by atoms with van der Waals surface area (Å²) in [6.45, 7) is -0.494. The largest absolute Gasteiger partial charge is 0.394 e. The van der Waals surface area contributed by atoms with E-state index in [2.05, 4.69) is 4.98 Å². The van der Waals surface area contributed by atoms with Crippen LogP contribution in [0.2, 0.25) is 0 Å². The highest BCUT2D eigenvalue weighted by atomic mass is 16.6. The zero-order valence-electron chi connectivity index (χ0n) is 12.8. The van der Waals surface area contributed by atoms with E-state index >= 15 is 0 Å². The molecule has 0 radical (unpaired) electrons. The molecule has 1 aliphatic heterocycles. The van der Waals surface area contributed by atoms with Gasteiger partial charge >= 0.3 is 5.69 Å². The van der Waals surface area contributed by atoms with Crippen LogP contribution in [-0.4, -0.2) is 49.8 Å². The SMILES string of the molecule is Nc1ccn([C@]2(Cc3ccccc3)O[C@H](CO)[C@@H](O)[C@H]2O)c(=O)n1. The van der Waals surface area contributed by atoms with Gasteiger partial charge in [-0.15, -0.1) is 0 Å². The van der Waals surface area contributed by atoms with Crippen molar-refractivity contribution >= 4 is 5.82 Å². The molecule has 1 aromatic heterocycles. The quantitative estimate of drug-likeness (QED) is 0.555. The first kappa shape index (κ1) is 16.6. The van der Waals surface area contributed by atoms with Crippen LogP contribution in [0.5, 0.6) is 0 Å². The predicted octanol–water partition coefficient (Wildman–Crippen LogP) is -1.17. The maximum absolute atomic E-state index is 12.3. The minimum absolute atomic E-state index is 0.0397. The predicted molar refractivity (Wildman–Crippen MR) is 85.0 cm³/mol. The van der Waals surface area contributed by atoms with Crippen molar-refractivity contribution in [3.8, 4) is 0 Å². The van der Waals surface area contributed by atoms with Gasteiger partial charge in [0.1, 0.15) is 24.1 Å². The fourth-order valence-electron chi connectivity index (χ4n) is 3.04. The van der Waals surface area contributed by atoms with Gasteiger partial charge in [0.2, 0.25) is 0 Å². The minimum Gasteiger partial charge on any atom is -0.394 e. The highest BCUT2D eigenvalue weighted by Crippen LogP contribution is 2.37. The van der Waals surface area contributed by atoms with Gasteiger partial charge in [-0.1, -0.05) is 30.3 Å². The van der Waals surface area contributed by atoms with Gasteiger partial charge < -0.3 is 25.8 Å². The number of aliphatic hydroxyl groups excluding tert-OH is 3. The number of aliphatic hydroxyl groups is 3. The van der Waals surface area contributed by atoms with Crippen molar-refractivity contribution in [2.24, 2.45) is 0 Å². The van der Waals surface area contributed by atoms with Gasteiger partial charge in [-0.2, -0.15) is 4.98 Å². The fraction of sp³-hybridized carbons (Fsp3) is 0.375. The first-order valence-electron chi connectivity index (χ1n) is 7.52. The van der Waals surface area contributed by atoms with E-state index in [-0.39, 0.29) is 12.2 Å². The van der Waals surface area contributed by atoms with Crippen molar-refractivity contribution in [2.45, 2.75) is 30.5 Å². The number of nitrogen functional groups attached to an aromatic ring is 1. The average molecular weight is 333 g/mol. The van der Waals surface area contributed by atoms with Gasteiger partial charge in [0.15, 0.2) is 5.72 Å². The Bertz CT molecular complexity index is 766. The molecule has 2 heterocycles. The second-order valence-electron chi connectivity index (χ2n) is 5.79. The Morgan fingerprint density at radius 2 is 1.96 bits per heavy atom. The van der Waals surface area contributed by atoms with Crippen molar-refractivity contribution in [1.29, 1.82) is 0 Å². The Morgan fingerprint density at radius 3 is 2.54 bits per heavy atom. The molecule has 1 saturated heterocycles. The molecule has 2 aromatic rings. The zero-order chi connectivity index (χ0) is 17.3. The van der Waals surface area contributed by atoms with Crippen LogP contribution in [0.25, 0.3) is 0 Å². The van der Waals surface area contributed by atoms with Gasteiger partial charge in [-0.3, -0.25) is 4.57 Å². The maximum Gasteiger partial charge on any atom is 0.351 e. The first-order valence-corrected chi connectivity index (χ1v) is 7.52. The summed E-state index contributed by atoms with van der Waals surface area (Å²) in [4.78, 5) is 16.0. The third-order valence-corrected chi connectivity index (χ3v) is 4.24. The first-order chi connectivity index (χ1) is 11.5. The normalized spacial score (nSPS) is 29.7. The van der Waals surface area contributed by atoms with E-state index in [1.807, 2.05) is 30.3 Å². The number of nitrogens with zero attached hydrogens (tertiary/aromatic N) is 2. The Labute approximate surface area is 137 Å². The molecule has 1 aromatic carbocycles. The Kier molecular flexibility index (Phi) is 4.37. The van der Waals surface area contributed by atoms with Crippen LogP contribution in [0, 0.1) is 0 Å². The van der Waals surface area contributed by atoms with Crippen LogP contribution >= 0.6 is 0 Å². The summed E-state index contributed by atoms with van der Waals surface area (Å²) in [7, 11) is 0. The third kappa shape index (κ3) is 2.69. The molecule has 0 spiro atoms. The minimum atomic E-state index is -1.59. The monoisotopic (exact) mass is 333 g/mol. The topological polar surface area (TPSA) is 131 Å². The van der Waals surface area contributed by atoms with Crippen LogP contribution in [0.1, 0.15) is 5.56 Å². The van der Waals surface area contributed by atoms with Gasteiger partial charge in [-0.05, 0) is 11.6 Å². The highest BCUT2D eigenvalue weighted by molar-refractivity contribution is 5.25. The molecule has 0 unspecified atom stereocenters. The van der Waals surface area contributed by atoms with Gasteiger partial charge in [-0.25, -0.2) is 4.79 Å². The van der Waals surface area contributed by atoms with Crippen molar-refractivity contribution in [2.75, 3.05) is 12.3 Å². The molecule has 128 valence electrons. The third-order valence-electron chi connectivity index (χ3n) is 4.24. The maximum atomic E-state index is 12.3. The molecule has 3 rings (SSSR count). The van der Waals surface area contributed by atoms with E-state index in [4.69, 9.17) is 10.5 Å². The molecular weight excluding hydrogens is 314 g/mol. The lowest BCUT2D eigenvalue weighted by atomic mass is 9.95. The summed E-state index contributed by atoms with van der Waals surface area (Å²) in [6.07, 6.45) is -2.33. The number of hydrogen-bond acceptors (Lipinski definition) is 7. The molecule has 1 aliphatic rings. The molecule has 8 heteroatoms. The molecule has 0 saturated carbocycles. The molecule has 0 bridgehead atoms. The Morgan fingerprint density at radius 1 is 1.25 bits per heavy atom.